The minimum Gasteiger partial charge on any atom is -0.434 e. The van der Waals surface area contributed by atoms with Gasteiger partial charge in [-0.05, 0) is 67.8 Å². The maximum absolute atomic E-state index is 11.7. The van der Waals surface area contributed by atoms with E-state index in [1.54, 1.807) is 30.3 Å². The van der Waals surface area contributed by atoms with E-state index in [4.69, 9.17) is 27.9 Å². The SMILES string of the molecule is Cc1cc(Cl)ccc1Nc1ncnc(Oc2cc(C)c(Cl)c(C)c2)c1[N+](=O)[O-]. The Labute approximate surface area is 171 Å². The van der Waals surface area contributed by atoms with Gasteiger partial charge in [-0.1, -0.05) is 23.2 Å². The summed E-state index contributed by atoms with van der Waals surface area (Å²) in [6.45, 7) is 5.48. The fourth-order valence-electron chi connectivity index (χ4n) is 2.66. The first-order chi connectivity index (χ1) is 13.3. The zero-order valence-electron chi connectivity index (χ0n) is 15.3. The summed E-state index contributed by atoms with van der Waals surface area (Å²) >= 11 is 12.1. The average molecular weight is 419 g/mol. The first-order valence-corrected chi connectivity index (χ1v) is 8.99. The standard InChI is InChI=1S/C19H16Cl2N4O3/c1-10-6-13(20)4-5-15(10)24-18-17(25(26)27)19(23-9-22-18)28-14-7-11(2)16(21)12(3)8-14/h4-9H,1-3H3,(H,22,23,24). The molecule has 0 atom stereocenters. The van der Waals surface area contributed by atoms with Gasteiger partial charge in [0.25, 0.3) is 0 Å². The summed E-state index contributed by atoms with van der Waals surface area (Å²) < 4.78 is 5.70. The fraction of sp³-hybridized carbons (Fsp3) is 0.158. The molecule has 0 saturated carbocycles. The van der Waals surface area contributed by atoms with Crippen molar-refractivity contribution in [2.45, 2.75) is 20.8 Å². The maximum atomic E-state index is 11.7. The monoisotopic (exact) mass is 418 g/mol. The Hall–Kier alpha value is -2.90. The number of ether oxygens (including phenoxy) is 1. The molecule has 0 aliphatic carbocycles. The third kappa shape index (κ3) is 4.16. The van der Waals surface area contributed by atoms with E-state index in [-0.39, 0.29) is 17.4 Å². The Balaban J connectivity index is 2.01. The lowest BCUT2D eigenvalue weighted by atomic mass is 10.1. The van der Waals surface area contributed by atoms with Gasteiger partial charge in [-0.3, -0.25) is 10.1 Å². The summed E-state index contributed by atoms with van der Waals surface area (Å²) in [4.78, 5) is 19.1. The van der Waals surface area contributed by atoms with Crippen molar-refractivity contribution in [1.82, 2.24) is 9.97 Å². The van der Waals surface area contributed by atoms with Crippen molar-refractivity contribution in [2.24, 2.45) is 0 Å². The van der Waals surface area contributed by atoms with E-state index < -0.39 is 4.92 Å². The summed E-state index contributed by atoms with van der Waals surface area (Å²) in [6.07, 6.45) is 1.20. The Morgan fingerprint density at radius 2 is 1.71 bits per heavy atom. The highest BCUT2D eigenvalue weighted by atomic mass is 35.5. The van der Waals surface area contributed by atoms with Gasteiger partial charge < -0.3 is 10.1 Å². The highest BCUT2D eigenvalue weighted by Gasteiger charge is 2.26. The van der Waals surface area contributed by atoms with Crippen molar-refractivity contribution in [3.05, 3.63) is 73.5 Å². The number of aryl methyl sites for hydroxylation is 3. The van der Waals surface area contributed by atoms with Crippen molar-refractivity contribution in [3.8, 4) is 11.6 Å². The number of nitrogens with zero attached hydrogens (tertiary/aromatic N) is 3. The number of aromatic nitrogens is 2. The topological polar surface area (TPSA) is 90.2 Å². The number of nitro groups is 1. The summed E-state index contributed by atoms with van der Waals surface area (Å²) in [5.74, 6) is 0.243. The molecule has 1 aromatic heterocycles. The van der Waals surface area contributed by atoms with Gasteiger partial charge in [-0.2, -0.15) is 4.98 Å². The van der Waals surface area contributed by atoms with Crippen LogP contribution in [0.4, 0.5) is 17.2 Å². The van der Waals surface area contributed by atoms with Crippen molar-refractivity contribution >= 4 is 40.4 Å². The quantitative estimate of drug-likeness (QED) is 0.394. The van der Waals surface area contributed by atoms with E-state index >= 15 is 0 Å². The molecule has 0 unspecified atom stereocenters. The zero-order chi connectivity index (χ0) is 20.4. The van der Waals surface area contributed by atoms with E-state index in [2.05, 4.69) is 15.3 Å². The van der Waals surface area contributed by atoms with Crippen LogP contribution in [0.5, 0.6) is 11.6 Å². The average Bonchev–Trinajstić information content (AvgIpc) is 2.62. The van der Waals surface area contributed by atoms with Gasteiger partial charge in [-0.15, -0.1) is 0 Å². The van der Waals surface area contributed by atoms with Crippen LogP contribution in [-0.2, 0) is 0 Å². The first kappa shape index (κ1) is 19.9. The lowest BCUT2D eigenvalue weighted by Crippen LogP contribution is -2.04. The smallest absolute Gasteiger partial charge is 0.373 e. The second-order valence-corrected chi connectivity index (χ2v) is 7.00. The predicted molar refractivity (Wildman–Crippen MR) is 109 cm³/mol. The molecule has 0 fully saturated rings. The highest BCUT2D eigenvalue weighted by molar-refractivity contribution is 6.32. The van der Waals surface area contributed by atoms with Crippen LogP contribution in [0, 0.1) is 30.9 Å². The molecule has 0 aliphatic rings. The molecule has 1 N–H and O–H groups in total. The molecule has 1 heterocycles. The van der Waals surface area contributed by atoms with Crippen LogP contribution in [0.15, 0.2) is 36.7 Å². The molecular formula is C19H16Cl2N4O3. The molecule has 0 bridgehead atoms. The van der Waals surface area contributed by atoms with Crippen molar-refractivity contribution in [3.63, 3.8) is 0 Å². The number of halogens is 2. The number of nitrogens with one attached hydrogen (secondary N) is 1. The van der Waals surface area contributed by atoms with Crippen LogP contribution >= 0.6 is 23.2 Å². The second-order valence-electron chi connectivity index (χ2n) is 6.19. The van der Waals surface area contributed by atoms with Gasteiger partial charge in [-0.25, -0.2) is 4.98 Å². The van der Waals surface area contributed by atoms with Crippen LogP contribution in [0.1, 0.15) is 16.7 Å². The molecule has 2 aromatic carbocycles. The molecule has 28 heavy (non-hydrogen) atoms. The molecule has 0 spiro atoms. The van der Waals surface area contributed by atoms with Crippen molar-refractivity contribution in [2.75, 3.05) is 5.32 Å². The highest BCUT2D eigenvalue weighted by Crippen LogP contribution is 2.37. The zero-order valence-corrected chi connectivity index (χ0v) is 16.8. The second kappa shape index (κ2) is 8.00. The molecule has 0 saturated heterocycles. The largest absolute Gasteiger partial charge is 0.434 e. The van der Waals surface area contributed by atoms with E-state index in [9.17, 15) is 10.1 Å². The molecular weight excluding hydrogens is 403 g/mol. The first-order valence-electron chi connectivity index (χ1n) is 8.23. The lowest BCUT2D eigenvalue weighted by molar-refractivity contribution is -0.385. The number of hydrogen-bond donors (Lipinski definition) is 1. The van der Waals surface area contributed by atoms with E-state index in [1.165, 1.54) is 6.33 Å². The maximum Gasteiger partial charge on any atom is 0.373 e. The molecule has 7 nitrogen and oxygen atoms in total. The predicted octanol–water partition coefficient (Wildman–Crippen LogP) is 6.15. The minimum atomic E-state index is -0.585. The Morgan fingerprint density at radius 1 is 1.04 bits per heavy atom. The third-order valence-electron chi connectivity index (χ3n) is 4.04. The lowest BCUT2D eigenvalue weighted by Gasteiger charge is -2.12. The van der Waals surface area contributed by atoms with Gasteiger partial charge in [0.15, 0.2) is 0 Å². The molecule has 0 amide bonds. The third-order valence-corrected chi connectivity index (χ3v) is 4.87. The van der Waals surface area contributed by atoms with Gasteiger partial charge in [0.2, 0.25) is 5.82 Å². The number of benzene rings is 2. The van der Waals surface area contributed by atoms with Crippen LogP contribution in [0.2, 0.25) is 10.0 Å². The minimum absolute atomic E-state index is 0.0165. The number of rotatable bonds is 5. The number of anilines is 2. The van der Waals surface area contributed by atoms with Crippen LogP contribution in [0.3, 0.4) is 0 Å². The van der Waals surface area contributed by atoms with E-state index in [1.807, 2.05) is 20.8 Å². The van der Waals surface area contributed by atoms with Gasteiger partial charge in [0.05, 0.1) is 4.92 Å². The Morgan fingerprint density at radius 3 is 2.32 bits per heavy atom. The Kier molecular flexibility index (Phi) is 5.67. The normalized spacial score (nSPS) is 10.6. The fourth-order valence-corrected chi connectivity index (χ4v) is 3.00. The molecule has 9 heteroatoms. The summed E-state index contributed by atoms with van der Waals surface area (Å²) in [7, 11) is 0. The molecule has 0 radical (unpaired) electrons. The summed E-state index contributed by atoms with van der Waals surface area (Å²) in [5, 5.41) is 15.9. The van der Waals surface area contributed by atoms with Crippen LogP contribution in [-0.4, -0.2) is 14.9 Å². The van der Waals surface area contributed by atoms with Crippen molar-refractivity contribution < 1.29 is 9.66 Å². The summed E-state index contributed by atoms with van der Waals surface area (Å²) in [5.41, 5.74) is 2.66. The van der Waals surface area contributed by atoms with Crippen LogP contribution in [0.25, 0.3) is 0 Å². The van der Waals surface area contributed by atoms with Gasteiger partial charge >= 0.3 is 11.6 Å². The Bertz CT molecular complexity index is 1050. The van der Waals surface area contributed by atoms with Crippen LogP contribution < -0.4 is 10.1 Å². The molecule has 3 aromatic rings. The van der Waals surface area contributed by atoms with Gasteiger partial charge in [0.1, 0.15) is 12.1 Å². The van der Waals surface area contributed by atoms with E-state index in [0.717, 1.165) is 16.7 Å². The van der Waals surface area contributed by atoms with Crippen molar-refractivity contribution in [1.29, 1.82) is 0 Å². The summed E-state index contributed by atoms with van der Waals surface area (Å²) in [6, 6.07) is 8.53. The molecule has 3 rings (SSSR count). The number of hydrogen-bond acceptors (Lipinski definition) is 6. The molecule has 0 aliphatic heterocycles. The van der Waals surface area contributed by atoms with Gasteiger partial charge in [0, 0.05) is 15.7 Å². The van der Waals surface area contributed by atoms with E-state index in [0.29, 0.717) is 21.5 Å². The molecule has 144 valence electrons.